The second kappa shape index (κ2) is 7.28. The molecule has 1 aromatic heterocycles. The molecule has 1 aliphatic heterocycles. The van der Waals surface area contributed by atoms with Gasteiger partial charge in [-0.15, -0.1) is 6.58 Å². The fourth-order valence-electron chi connectivity index (χ4n) is 3.31. The summed E-state index contributed by atoms with van der Waals surface area (Å²) in [5.74, 6) is 2.51. The third-order valence-electron chi connectivity index (χ3n) is 4.63. The number of nitrogens with zero attached hydrogens (tertiary/aromatic N) is 5. The van der Waals surface area contributed by atoms with Gasteiger partial charge in [0.05, 0.1) is 6.67 Å². The van der Waals surface area contributed by atoms with Crippen molar-refractivity contribution < 1.29 is 0 Å². The maximum Gasteiger partial charge on any atom is 0.199 e. The Balaban J connectivity index is 1.63. The SMILES string of the molecule is C=CCn1c(C2CC2)nn(CN2CCN(CC(C)C)CC2)c1=S. The van der Waals surface area contributed by atoms with Gasteiger partial charge < -0.3 is 4.90 Å². The molecule has 1 saturated carbocycles. The molecule has 5 nitrogen and oxygen atoms in total. The second-order valence-corrected chi connectivity index (χ2v) is 7.63. The molecule has 0 aromatic carbocycles. The quantitative estimate of drug-likeness (QED) is 0.566. The Morgan fingerprint density at radius 3 is 2.43 bits per heavy atom. The fourth-order valence-corrected chi connectivity index (χ4v) is 3.58. The molecule has 0 spiro atoms. The number of hydrogen-bond acceptors (Lipinski definition) is 4. The van der Waals surface area contributed by atoms with Gasteiger partial charge in [-0.25, -0.2) is 4.68 Å². The number of piperazine rings is 1. The van der Waals surface area contributed by atoms with Crippen molar-refractivity contribution in [3.05, 3.63) is 23.3 Å². The molecule has 2 heterocycles. The molecular formula is C17H29N5S. The van der Waals surface area contributed by atoms with E-state index in [0.717, 1.165) is 55.9 Å². The van der Waals surface area contributed by atoms with Crippen LogP contribution in [0.15, 0.2) is 12.7 Å². The van der Waals surface area contributed by atoms with Crippen LogP contribution in [0.3, 0.4) is 0 Å². The first kappa shape index (κ1) is 16.9. The highest BCUT2D eigenvalue weighted by molar-refractivity contribution is 7.71. The van der Waals surface area contributed by atoms with Gasteiger partial charge in [-0.05, 0) is 31.0 Å². The highest BCUT2D eigenvalue weighted by atomic mass is 32.1. The van der Waals surface area contributed by atoms with Crippen LogP contribution in [0.25, 0.3) is 0 Å². The molecule has 1 saturated heterocycles. The molecule has 2 fully saturated rings. The summed E-state index contributed by atoms with van der Waals surface area (Å²) < 4.78 is 5.02. The maximum atomic E-state index is 5.65. The molecule has 2 aliphatic rings. The van der Waals surface area contributed by atoms with Gasteiger partial charge in [-0.3, -0.25) is 9.47 Å². The first-order valence-corrected chi connectivity index (χ1v) is 9.22. The average molecular weight is 336 g/mol. The normalized spacial score (nSPS) is 20.3. The van der Waals surface area contributed by atoms with Crippen molar-refractivity contribution >= 4 is 12.2 Å². The lowest BCUT2D eigenvalue weighted by molar-refractivity contribution is 0.0949. The molecule has 3 rings (SSSR count). The first-order valence-electron chi connectivity index (χ1n) is 8.81. The first-order chi connectivity index (χ1) is 11.1. The molecule has 23 heavy (non-hydrogen) atoms. The lowest BCUT2D eigenvalue weighted by atomic mass is 10.2. The third-order valence-corrected chi connectivity index (χ3v) is 5.06. The number of hydrogen-bond donors (Lipinski definition) is 0. The van der Waals surface area contributed by atoms with E-state index in [0.29, 0.717) is 5.92 Å². The van der Waals surface area contributed by atoms with Crippen molar-refractivity contribution in [2.45, 2.75) is 45.8 Å². The summed E-state index contributed by atoms with van der Waals surface area (Å²) in [6, 6.07) is 0. The summed E-state index contributed by atoms with van der Waals surface area (Å²) >= 11 is 5.65. The lowest BCUT2D eigenvalue weighted by Crippen LogP contribution is -2.47. The van der Waals surface area contributed by atoms with Crippen LogP contribution in [-0.2, 0) is 13.2 Å². The highest BCUT2D eigenvalue weighted by Gasteiger charge is 2.30. The van der Waals surface area contributed by atoms with Gasteiger partial charge in [0.2, 0.25) is 0 Å². The van der Waals surface area contributed by atoms with Gasteiger partial charge in [-0.2, -0.15) is 5.10 Å². The minimum Gasteiger partial charge on any atom is -0.301 e. The summed E-state index contributed by atoms with van der Waals surface area (Å²) in [6.45, 7) is 15.7. The van der Waals surface area contributed by atoms with Crippen LogP contribution in [0.4, 0.5) is 0 Å². The minimum absolute atomic E-state index is 0.612. The Hall–Kier alpha value is -0.980. The molecule has 0 amide bonds. The Labute approximate surface area is 144 Å². The number of rotatable bonds is 7. The van der Waals surface area contributed by atoms with E-state index in [4.69, 9.17) is 17.3 Å². The molecule has 0 bridgehead atoms. The second-order valence-electron chi connectivity index (χ2n) is 7.27. The smallest absolute Gasteiger partial charge is 0.199 e. The molecule has 0 N–H and O–H groups in total. The van der Waals surface area contributed by atoms with Crippen LogP contribution in [0.5, 0.6) is 0 Å². The van der Waals surface area contributed by atoms with E-state index in [-0.39, 0.29) is 0 Å². The van der Waals surface area contributed by atoms with Crippen LogP contribution in [0.2, 0.25) is 0 Å². The van der Waals surface area contributed by atoms with Crippen molar-refractivity contribution in [2.24, 2.45) is 5.92 Å². The van der Waals surface area contributed by atoms with E-state index in [1.165, 1.54) is 19.4 Å². The van der Waals surface area contributed by atoms with E-state index in [2.05, 4.69) is 34.8 Å². The van der Waals surface area contributed by atoms with Crippen LogP contribution in [0, 0.1) is 10.7 Å². The van der Waals surface area contributed by atoms with E-state index >= 15 is 0 Å². The molecular weight excluding hydrogens is 306 g/mol. The largest absolute Gasteiger partial charge is 0.301 e. The lowest BCUT2D eigenvalue weighted by Gasteiger charge is -2.35. The van der Waals surface area contributed by atoms with Gasteiger partial charge in [0.1, 0.15) is 5.82 Å². The summed E-state index contributed by atoms with van der Waals surface area (Å²) in [5.41, 5.74) is 0. The zero-order valence-corrected chi connectivity index (χ0v) is 15.3. The van der Waals surface area contributed by atoms with Crippen molar-refractivity contribution in [1.82, 2.24) is 24.1 Å². The molecule has 1 aromatic rings. The molecule has 6 heteroatoms. The van der Waals surface area contributed by atoms with E-state index in [1.807, 2.05) is 10.8 Å². The van der Waals surface area contributed by atoms with Crippen molar-refractivity contribution in [3.8, 4) is 0 Å². The van der Waals surface area contributed by atoms with Crippen LogP contribution in [-0.4, -0.2) is 56.9 Å². The summed E-state index contributed by atoms with van der Waals surface area (Å²) in [4.78, 5) is 5.03. The molecule has 128 valence electrons. The fraction of sp³-hybridized carbons (Fsp3) is 0.765. The maximum absolute atomic E-state index is 5.65. The Kier molecular flexibility index (Phi) is 5.34. The summed E-state index contributed by atoms with van der Waals surface area (Å²) in [7, 11) is 0. The summed E-state index contributed by atoms with van der Waals surface area (Å²) in [6.07, 6.45) is 4.41. The van der Waals surface area contributed by atoms with E-state index in [1.54, 1.807) is 0 Å². The zero-order valence-electron chi connectivity index (χ0n) is 14.4. The Morgan fingerprint density at radius 1 is 1.22 bits per heavy atom. The summed E-state index contributed by atoms with van der Waals surface area (Å²) in [5, 5.41) is 4.82. The Morgan fingerprint density at radius 2 is 1.87 bits per heavy atom. The number of aromatic nitrogens is 3. The van der Waals surface area contributed by atoms with Crippen LogP contribution < -0.4 is 0 Å². The predicted molar refractivity (Wildman–Crippen MR) is 96.1 cm³/mol. The number of allylic oxidation sites excluding steroid dienone is 1. The van der Waals surface area contributed by atoms with E-state index < -0.39 is 0 Å². The van der Waals surface area contributed by atoms with E-state index in [9.17, 15) is 0 Å². The van der Waals surface area contributed by atoms with Gasteiger partial charge >= 0.3 is 0 Å². The minimum atomic E-state index is 0.612. The van der Waals surface area contributed by atoms with Gasteiger partial charge in [0.15, 0.2) is 4.77 Å². The van der Waals surface area contributed by atoms with Crippen LogP contribution >= 0.6 is 12.2 Å². The van der Waals surface area contributed by atoms with Crippen molar-refractivity contribution in [2.75, 3.05) is 32.7 Å². The Bertz CT molecular complexity index is 591. The molecule has 0 radical (unpaired) electrons. The van der Waals surface area contributed by atoms with Crippen LogP contribution in [0.1, 0.15) is 38.4 Å². The van der Waals surface area contributed by atoms with Gasteiger partial charge in [0, 0.05) is 45.2 Å². The third kappa shape index (κ3) is 4.11. The monoisotopic (exact) mass is 335 g/mol. The van der Waals surface area contributed by atoms with Crippen molar-refractivity contribution in [3.63, 3.8) is 0 Å². The van der Waals surface area contributed by atoms with Gasteiger partial charge in [-0.1, -0.05) is 19.9 Å². The average Bonchev–Trinajstić information content (AvgIpc) is 3.31. The topological polar surface area (TPSA) is 29.2 Å². The molecule has 0 unspecified atom stereocenters. The zero-order chi connectivity index (χ0) is 16.4. The molecule has 0 atom stereocenters. The standard InChI is InChI=1S/C17H29N5S/c1-4-7-21-16(15-5-6-15)18-22(17(21)23)13-20-10-8-19(9-11-20)12-14(2)3/h4,14-15H,1,5-13H2,2-3H3. The predicted octanol–water partition coefficient (Wildman–Crippen LogP) is 2.71. The molecule has 1 aliphatic carbocycles. The highest BCUT2D eigenvalue weighted by Crippen LogP contribution is 2.39. The van der Waals surface area contributed by atoms with Gasteiger partial charge in [0.25, 0.3) is 0 Å². The van der Waals surface area contributed by atoms with Crippen molar-refractivity contribution in [1.29, 1.82) is 0 Å².